The summed E-state index contributed by atoms with van der Waals surface area (Å²) in [5.41, 5.74) is 6.41. The zero-order chi connectivity index (χ0) is 13.8. The molecule has 0 spiro atoms. The summed E-state index contributed by atoms with van der Waals surface area (Å²) in [5, 5.41) is 3.41. The summed E-state index contributed by atoms with van der Waals surface area (Å²) >= 11 is 0. The van der Waals surface area contributed by atoms with Crippen LogP contribution < -0.4 is 5.32 Å². The molecule has 2 heteroatoms. The molecule has 2 nitrogen and oxygen atoms in total. The SMILES string of the molecule is CNC(Cc1ccc(C)cn1)c1cccc(C)c1C. The van der Waals surface area contributed by atoms with Crippen molar-refractivity contribution in [1.29, 1.82) is 0 Å². The Balaban J connectivity index is 2.25. The number of aromatic nitrogens is 1. The highest BCUT2D eigenvalue weighted by molar-refractivity contribution is 5.36. The van der Waals surface area contributed by atoms with Crippen LogP contribution in [0.2, 0.25) is 0 Å². The van der Waals surface area contributed by atoms with E-state index in [0.29, 0.717) is 6.04 Å². The predicted molar refractivity (Wildman–Crippen MR) is 80.4 cm³/mol. The molecule has 0 bridgehead atoms. The molecular weight excluding hydrogens is 232 g/mol. The molecule has 2 aromatic rings. The van der Waals surface area contributed by atoms with Crippen molar-refractivity contribution in [1.82, 2.24) is 10.3 Å². The molecule has 100 valence electrons. The Bertz CT molecular complexity index is 544. The van der Waals surface area contributed by atoms with Crippen LogP contribution in [0.5, 0.6) is 0 Å². The quantitative estimate of drug-likeness (QED) is 0.903. The van der Waals surface area contributed by atoms with Crippen LogP contribution in [-0.4, -0.2) is 12.0 Å². The van der Waals surface area contributed by atoms with Crippen molar-refractivity contribution >= 4 is 0 Å². The van der Waals surface area contributed by atoms with Crippen LogP contribution in [0.4, 0.5) is 0 Å². The first-order valence-corrected chi connectivity index (χ1v) is 6.76. The van der Waals surface area contributed by atoms with Crippen LogP contribution in [0, 0.1) is 20.8 Å². The third kappa shape index (κ3) is 3.21. The molecule has 0 radical (unpaired) electrons. The van der Waals surface area contributed by atoms with Crippen LogP contribution in [-0.2, 0) is 6.42 Å². The van der Waals surface area contributed by atoms with Gasteiger partial charge in [-0.05, 0) is 56.1 Å². The minimum Gasteiger partial charge on any atom is -0.313 e. The van der Waals surface area contributed by atoms with Crippen molar-refractivity contribution in [3.05, 3.63) is 64.5 Å². The molecule has 1 aromatic carbocycles. The number of hydrogen-bond acceptors (Lipinski definition) is 2. The van der Waals surface area contributed by atoms with Gasteiger partial charge in [-0.1, -0.05) is 24.3 Å². The largest absolute Gasteiger partial charge is 0.313 e. The number of nitrogens with zero attached hydrogens (tertiary/aromatic N) is 1. The maximum atomic E-state index is 4.50. The van der Waals surface area contributed by atoms with E-state index < -0.39 is 0 Å². The topological polar surface area (TPSA) is 24.9 Å². The first-order chi connectivity index (χ1) is 9.11. The molecule has 0 aliphatic rings. The molecule has 1 heterocycles. The predicted octanol–water partition coefficient (Wildman–Crippen LogP) is 3.51. The third-order valence-corrected chi connectivity index (χ3v) is 3.76. The van der Waals surface area contributed by atoms with Crippen molar-refractivity contribution in [3.8, 4) is 0 Å². The second-order valence-electron chi connectivity index (χ2n) is 5.16. The van der Waals surface area contributed by atoms with Gasteiger partial charge in [0.15, 0.2) is 0 Å². The summed E-state index contributed by atoms with van der Waals surface area (Å²) in [6.07, 6.45) is 2.85. The lowest BCUT2D eigenvalue weighted by molar-refractivity contribution is 0.581. The first-order valence-electron chi connectivity index (χ1n) is 6.76. The zero-order valence-corrected chi connectivity index (χ0v) is 12.2. The number of pyridine rings is 1. The average molecular weight is 254 g/mol. The number of rotatable bonds is 4. The van der Waals surface area contributed by atoms with Gasteiger partial charge in [0.2, 0.25) is 0 Å². The molecule has 1 unspecified atom stereocenters. The Kier molecular flexibility index (Phi) is 4.33. The molecule has 0 saturated carbocycles. The zero-order valence-electron chi connectivity index (χ0n) is 12.2. The summed E-state index contributed by atoms with van der Waals surface area (Å²) in [7, 11) is 2.01. The standard InChI is InChI=1S/C17H22N2/c1-12-8-9-15(19-11-12)10-17(18-4)16-7-5-6-13(2)14(16)3/h5-9,11,17-18H,10H2,1-4H3. The van der Waals surface area contributed by atoms with Crippen molar-refractivity contribution in [2.45, 2.75) is 33.2 Å². The molecule has 0 aliphatic heterocycles. The summed E-state index contributed by atoms with van der Waals surface area (Å²) in [5.74, 6) is 0. The van der Waals surface area contributed by atoms with Gasteiger partial charge in [-0.25, -0.2) is 0 Å². The fourth-order valence-corrected chi connectivity index (χ4v) is 2.35. The molecular formula is C17H22N2. The van der Waals surface area contributed by atoms with Crippen molar-refractivity contribution in [2.75, 3.05) is 7.05 Å². The Morgan fingerprint density at radius 2 is 1.89 bits per heavy atom. The lowest BCUT2D eigenvalue weighted by Crippen LogP contribution is -2.20. The van der Waals surface area contributed by atoms with E-state index in [2.05, 4.69) is 61.4 Å². The molecule has 0 fully saturated rings. The minimum atomic E-state index is 0.315. The molecule has 1 N–H and O–H groups in total. The monoisotopic (exact) mass is 254 g/mol. The first kappa shape index (κ1) is 13.8. The van der Waals surface area contributed by atoms with E-state index >= 15 is 0 Å². The fourth-order valence-electron chi connectivity index (χ4n) is 2.35. The highest BCUT2D eigenvalue weighted by Gasteiger charge is 2.13. The van der Waals surface area contributed by atoms with Gasteiger partial charge in [0.1, 0.15) is 0 Å². The van der Waals surface area contributed by atoms with E-state index in [1.165, 1.54) is 22.3 Å². The van der Waals surface area contributed by atoms with E-state index in [1.54, 1.807) is 0 Å². The number of nitrogens with one attached hydrogen (secondary N) is 1. The highest BCUT2D eigenvalue weighted by atomic mass is 14.9. The molecule has 1 atom stereocenters. The number of benzene rings is 1. The Morgan fingerprint density at radius 1 is 1.11 bits per heavy atom. The summed E-state index contributed by atoms with van der Waals surface area (Å²) < 4.78 is 0. The van der Waals surface area contributed by atoms with Gasteiger partial charge in [0, 0.05) is 24.4 Å². The molecule has 0 saturated heterocycles. The van der Waals surface area contributed by atoms with Crippen LogP contribution in [0.25, 0.3) is 0 Å². The van der Waals surface area contributed by atoms with E-state index in [0.717, 1.165) is 12.1 Å². The van der Waals surface area contributed by atoms with E-state index in [9.17, 15) is 0 Å². The molecule has 0 aliphatic carbocycles. The average Bonchev–Trinajstić information content (AvgIpc) is 2.42. The molecule has 0 amide bonds. The fraction of sp³-hybridized carbons (Fsp3) is 0.353. The summed E-state index contributed by atoms with van der Waals surface area (Å²) in [6, 6.07) is 11.1. The molecule has 2 rings (SSSR count). The van der Waals surface area contributed by atoms with Gasteiger partial charge in [0.25, 0.3) is 0 Å². The highest BCUT2D eigenvalue weighted by Crippen LogP contribution is 2.23. The van der Waals surface area contributed by atoms with Crippen LogP contribution in [0.3, 0.4) is 0 Å². The van der Waals surface area contributed by atoms with Crippen molar-refractivity contribution in [2.24, 2.45) is 0 Å². The maximum Gasteiger partial charge on any atom is 0.0422 e. The van der Waals surface area contributed by atoms with Gasteiger partial charge < -0.3 is 5.32 Å². The lowest BCUT2D eigenvalue weighted by Gasteiger charge is -2.19. The third-order valence-electron chi connectivity index (χ3n) is 3.76. The van der Waals surface area contributed by atoms with Gasteiger partial charge >= 0.3 is 0 Å². The van der Waals surface area contributed by atoms with Crippen molar-refractivity contribution in [3.63, 3.8) is 0 Å². The normalized spacial score (nSPS) is 12.4. The smallest absolute Gasteiger partial charge is 0.0422 e. The second kappa shape index (κ2) is 5.98. The van der Waals surface area contributed by atoms with Gasteiger partial charge in [-0.15, -0.1) is 0 Å². The van der Waals surface area contributed by atoms with Crippen LogP contribution >= 0.6 is 0 Å². The number of hydrogen-bond donors (Lipinski definition) is 1. The Labute approximate surface area is 115 Å². The molecule has 19 heavy (non-hydrogen) atoms. The van der Waals surface area contributed by atoms with E-state index in [1.807, 2.05) is 13.2 Å². The minimum absolute atomic E-state index is 0.315. The molecule has 1 aromatic heterocycles. The second-order valence-corrected chi connectivity index (χ2v) is 5.16. The Morgan fingerprint density at radius 3 is 2.53 bits per heavy atom. The van der Waals surface area contributed by atoms with Crippen LogP contribution in [0.1, 0.15) is 34.0 Å². The lowest BCUT2D eigenvalue weighted by atomic mass is 9.94. The Hall–Kier alpha value is -1.67. The van der Waals surface area contributed by atoms with Crippen LogP contribution in [0.15, 0.2) is 36.5 Å². The summed E-state index contributed by atoms with van der Waals surface area (Å²) in [4.78, 5) is 4.50. The van der Waals surface area contributed by atoms with Gasteiger partial charge in [-0.3, -0.25) is 4.98 Å². The van der Waals surface area contributed by atoms with E-state index in [4.69, 9.17) is 0 Å². The van der Waals surface area contributed by atoms with E-state index in [-0.39, 0.29) is 0 Å². The van der Waals surface area contributed by atoms with Gasteiger partial charge in [0.05, 0.1) is 0 Å². The number of likely N-dealkylation sites (N-methyl/N-ethyl adjacent to an activating group) is 1. The summed E-state index contributed by atoms with van der Waals surface area (Å²) in [6.45, 7) is 6.42. The maximum absolute atomic E-state index is 4.50. The van der Waals surface area contributed by atoms with Gasteiger partial charge in [-0.2, -0.15) is 0 Å². The number of aryl methyl sites for hydroxylation is 2. The van der Waals surface area contributed by atoms with Crippen molar-refractivity contribution < 1.29 is 0 Å².